The van der Waals surface area contributed by atoms with Crippen molar-refractivity contribution in [1.29, 1.82) is 0 Å². The number of hydrogen-bond donors (Lipinski definition) is 2. The first-order valence-corrected chi connectivity index (χ1v) is 6.62. The zero-order valence-electron chi connectivity index (χ0n) is 10.0. The molecule has 0 atom stereocenters. The van der Waals surface area contributed by atoms with Gasteiger partial charge in [0.25, 0.3) is 0 Å². The van der Waals surface area contributed by atoms with Gasteiger partial charge in [-0.05, 0) is 57.2 Å². The third-order valence-corrected chi connectivity index (χ3v) is 3.78. The summed E-state index contributed by atoms with van der Waals surface area (Å²) < 4.78 is 0. The van der Waals surface area contributed by atoms with Crippen LogP contribution in [0.4, 0.5) is 0 Å². The third-order valence-electron chi connectivity index (χ3n) is 3.78. The molecular weight excluding hydrogens is 214 g/mol. The average molecular weight is 233 g/mol. The molecule has 0 amide bonds. The quantitative estimate of drug-likeness (QED) is 0.824. The summed E-state index contributed by atoms with van der Waals surface area (Å²) in [7, 11) is 0. The van der Waals surface area contributed by atoms with E-state index in [1.165, 1.54) is 25.7 Å². The van der Waals surface area contributed by atoms with Crippen LogP contribution in [-0.2, 0) is 6.42 Å². The Hall–Kier alpha value is -1.16. The normalized spacial score (nSPS) is 21.6. The van der Waals surface area contributed by atoms with Crippen molar-refractivity contribution in [3.8, 4) is 0 Å². The summed E-state index contributed by atoms with van der Waals surface area (Å²) >= 11 is 0. The molecule has 1 aromatic rings. The number of hydrogen-bond acceptors (Lipinski definition) is 3. The average Bonchev–Trinajstić information content (AvgIpc) is 3.13. The molecule has 17 heavy (non-hydrogen) atoms. The van der Waals surface area contributed by atoms with Gasteiger partial charge in [0.1, 0.15) is 0 Å². The summed E-state index contributed by atoms with van der Waals surface area (Å²) in [5.41, 5.74) is 1.93. The maximum absolute atomic E-state index is 11.5. The number of piperidine rings is 1. The summed E-state index contributed by atoms with van der Waals surface area (Å²) in [6.45, 7) is 2.21. The predicted molar refractivity (Wildman–Crippen MR) is 66.1 cm³/mol. The van der Waals surface area contributed by atoms with E-state index in [0.29, 0.717) is 11.8 Å². The van der Waals surface area contributed by atoms with Gasteiger partial charge in [0.05, 0.1) is 5.69 Å². The summed E-state index contributed by atoms with van der Waals surface area (Å²) in [5.74, 6) is 1.27. The number of nitrogens with zero attached hydrogens (tertiary/aromatic N) is 1. The molecule has 0 radical (unpaired) electrons. The van der Waals surface area contributed by atoms with E-state index >= 15 is 0 Å². The summed E-state index contributed by atoms with van der Waals surface area (Å²) in [4.78, 5) is 18.5. The number of rotatable bonds is 3. The summed E-state index contributed by atoms with van der Waals surface area (Å²) in [6.07, 6.45) is 5.82. The third kappa shape index (κ3) is 2.75. The SMILES string of the molecule is O=c1nc(C2CC2)cc(CC2CCNCC2)[nH]1. The topological polar surface area (TPSA) is 57.8 Å². The monoisotopic (exact) mass is 233 g/mol. The highest BCUT2D eigenvalue weighted by Crippen LogP contribution is 2.38. The van der Waals surface area contributed by atoms with E-state index in [-0.39, 0.29) is 5.69 Å². The van der Waals surface area contributed by atoms with Gasteiger partial charge in [-0.25, -0.2) is 4.79 Å². The van der Waals surface area contributed by atoms with E-state index in [1.54, 1.807) is 0 Å². The van der Waals surface area contributed by atoms with Crippen molar-refractivity contribution in [1.82, 2.24) is 15.3 Å². The van der Waals surface area contributed by atoms with E-state index in [9.17, 15) is 4.79 Å². The molecular formula is C13H19N3O. The van der Waals surface area contributed by atoms with E-state index < -0.39 is 0 Å². The van der Waals surface area contributed by atoms with Crippen LogP contribution in [0, 0.1) is 5.92 Å². The molecule has 0 aromatic carbocycles. The number of nitrogens with one attached hydrogen (secondary N) is 2. The molecule has 2 N–H and O–H groups in total. The second-order valence-corrected chi connectivity index (χ2v) is 5.31. The summed E-state index contributed by atoms with van der Waals surface area (Å²) in [5, 5.41) is 3.37. The largest absolute Gasteiger partial charge is 0.345 e. The van der Waals surface area contributed by atoms with Crippen molar-refractivity contribution in [2.75, 3.05) is 13.1 Å². The molecule has 92 valence electrons. The number of aromatic amines is 1. The highest BCUT2D eigenvalue weighted by molar-refractivity contribution is 5.17. The van der Waals surface area contributed by atoms with Crippen LogP contribution in [0.25, 0.3) is 0 Å². The fourth-order valence-corrected chi connectivity index (χ4v) is 2.62. The Labute approximate surface area is 101 Å². The molecule has 1 saturated carbocycles. The minimum Gasteiger partial charge on any atom is -0.317 e. The van der Waals surface area contributed by atoms with Crippen molar-refractivity contribution in [2.45, 2.75) is 38.0 Å². The standard InChI is InChI=1S/C13H19N3O/c17-13-15-11(7-9-3-5-14-6-4-9)8-12(16-13)10-1-2-10/h8-10,14H,1-7H2,(H,15,16,17). The van der Waals surface area contributed by atoms with Crippen LogP contribution < -0.4 is 11.0 Å². The lowest BCUT2D eigenvalue weighted by Gasteiger charge is -2.22. The Morgan fingerprint density at radius 3 is 2.71 bits per heavy atom. The molecule has 4 nitrogen and oxygen atoms in total. The van der Waals surface area contributed by atoms with Crippen LogP contribution in [-0.4, -0.2) is 23.1 Å². The maximum atomic E-state index is 11.5. The molecule has 0 unspecified atom stereocenters. The highest BCUT2D eigenvalue weighted by atomic mass is 16.1. The second kappa shape index (κ2) is 4.61. The van der Waals surface area contributed by atoms with Crippen LogP contribution in [0.15, 0.2) is 10.9 Å². The van der Waals surface area contributed by atoms with Crippen molar-refractivity contribution in [3.63, 3.8) is 0 Å². The zero-order chi connectivity index (χ0) is 11.7. The minimum atomic E-state index is -0.168. The second-order valence-electron chi connectivity index (χ2n) is 5.31. The van der Waals surface area contributed by atoms with Gasteiger partial charge in [-0.15, -0.1) is 0 Å². The number of aromatic nitrogens is 2. The van der Waals surface area contributed by atoms with Gasteiger partial charge in [-0.2, -0.15) is 4.98 Å². The number of H-pyrrole nitrogens is 1. The lowest BCUT2D eigenvalue weighted by molar-refractivity contribution is 0.369. The molecule has 0 bridgehead atoms. The van der Waals surface area contributed by atoms with Gasteiger partial charge in [0.15, 0.2) is 0 Å². The Morgan fingerprint density at radius 2 is 2.00 bits per heavy atom. The molecule has 2 aliphatic rings. The van der Waals surface area contributed by atoms with Crippen LogP contribution in [0.3, 0.4) is 0 Å². The zero-order valence-corrected chi connectivity index (χ0v) is 10.0. The molecule has 0 spiro atoms. The van der Waals surface area contributed by atoms with Gasteiger partial charge in [0, 0.05) is 11.6 Å². The smallest absolute Gasteiger partial charge is 0.317 e. The van der Waals surface area contributed by atoms with Gasteiger partial charge in [-0.3, -0.25) is 0 Å². The first-order chi connectivity index (χ1) is 8.31. The molecule has 3 rings (SSSR count). The molecule has 1 saturated heterocycles. The Bertz CT molecular complexity index is 444. The lowest BCUT2D eigenvalue weighted by Crippen LogP contribution is -2.29. The summed E-state index contributed by atoms with van der Waals surface area (Å²) in [6, 6.07) is 2.11. The van der Waals surface area contributed by atoms with Gasteiger partial charge in [0.2, 0.25) is 0 Å². The maximum Gasteiger partial charge on any atom is 0.345 e. The van der Waals surface area contributed by atoms with Crippen molar-refractivity contribution in [3.05, 3.63) is 27.9 Å². The van der Waals surface area contributed by atoms with Gasteiger partial charge < -0.3 is 10.3 Å². The van der Waals surface area contributed by atoms with Crippen molar-refractivity contribution < 1.29 is 0 Å². The van der Waals surface area contributed by atoms with E-state index in [4.69, 9.17) is 0 Å². The van der Waals surface area contributed by atoms with E-state index in [1.807, 2.05) is 0 Å². The first kappa shape index (κ1) is 11.0. The van der Waals surface area contributed by atoms with Crippen molar-refractivity contribution in [2.24, 2.45) is 5.92 Å². The minimum absolute atomic E-state index is 0.168. The Kier molecular flexibility index (Phi) is 2.97. The Balaban J connectivity index is 1.74. The lowest BCUT2D eigenvalue weighted by atomic mass is 9.93. The van der Waals surface area contributed by atoms with E-state index in [2.05, 4.69) is 21.4 Å². The van der Waals surface area contributed by atoms with Crippen LogP contribution in [0.5, 0.6) is 0 Å². The van der Waals surface area contributed by atoms with Crippen molar-refractivity contribution >= 4 is 0 Å². The van der Waals surface area contributed by atoms with Crippen LogP contribution in [0.1, 0.15) is 43.0 Å². The molecule has 2 heterocycles. The van der Waals surface area contributed by atoms with Gasteiger partial charge >= 0.3 is 5.69 Å². The fraction of sp³-hybridized carbons (Fsp3) is 0.692. The van der Waals surface area contributed by atoms with Crippen LogP contribution >= 0.6 is 0 Å². The Morgan fingerprint density at radius 1 is 1.24 bits per heavy atom. The first-order valence-electron chi connectivity index (χ1n) is 6.62. The molecule has 1 aliphatic carbocycles. The van der Waals surface area contributed by atoms with Crippen LogP contribution in [0.2, 0.25) is 0 Å². The molecule has 1 aromatic heterocycles. The molecule has 4 heteroatoms. The molecule has 2 fully saturated rings. The molecule has 1 aliphatic heterocycles. The van der Waals surface area contributed by atoms with E-state index in [0.717, 1.165) is 30.9 Å². The predicted octanol–water partition coefficient (Wildman–Crippen LogP) is 1.19. The van der Waals surface area contributed by atoms with Gasteiger partial charge in [-0.1, -0.05) is 0 Å². The highest BCUT2D eigenvalue weighted by Gasteiger charge is 2.26. The fourth-order valence-electron chi connectivity index (χ4n) is 2.62.